The first-order valence-electron chi connectivity index (χ1n) is 5.94. The van der Waals surface area contributed by atoms with Crippen LogP contribution in [0.4, 0.5) is 4.39 Å². The van der Waals surface area contributed by atoms with Crippen LogP contribution in [0.25, 0.3) is 0 Å². The van der Waals surface area contributed by atoms with E-state index in [9.17, 15) is 9.18 Å². The molecule has 1 aromatic carbocycles. The van der Waals surface area contributed by atoms with Crippen LogP contribution in [0.15, 0.2) is 18.2 Å². The topological polar surface area (TPSA) is 32.3 Å². The van der Waals surface area contributed by atoms with E-state index in [2.05, 4.69) is 5.32 Å². The summed E-state index contributed by atoms with van der Waals surface area (Å²) >= 11 is 0. The van der Waals surface area contributed by atoms with E-state index >= 15 is 0 Å². The van der Waals surface area contributed by atoms with Gasteiger partial charge in [0.25, 0.3) is 5.91 Å². The molecule has 1 amide bonds. The van der Waals surface area contributed by atoms with Gasteiger partial charge in [0.15, 0.2) is 0 Å². The number of fused-ring (bicyclic) bond motifs is 2. The fourth-order valence-corrected chi connectivity index (χ4v) is 3.09. The molecular formula is C13H15FN2O. The summed E-state index contributed by atoms with van der Waals surface area (Å²) in [6.07, 6.45) is 1.71. The van der Waals surface area contributed by atoms with Crippen LogP contribution in [0.1, 0.15) is 28.8 Å². The Balaban J connectivity index is 2.18. The van der Waals surface area contributed by atoms with Gasteiger partial charge in [0.05, 0.1) is 5.54 Å². The van der Waals surface area contributed by atoms with E-state index in [1.54, 1.807) is 11.0 Å². The molecule has 3 rings (SSSR count). The Bertz CT molecular complexity index is 480. The third-order valence-electron chi connectivity index (χ3n) is 4.09. The molecule has 0 aromatic heterocycles. The zero-order chi connectivity index (χ0) is 12.0. The minimum atomic E-state index is -0.292. The number of rotatable bonds is 0. The predicted molar refractivity (Wildman–Crippen MR) is 62.3 cm³/mol. The van der Waals surface area contributed by atoms with E-state index in [4.69, 9.17) is 0 Å². The first-order valence-corrected chi connectivity index (χ1v) is 5.94. The number of carbonyl (C=O) groups is 1. The van der Waals surface area contributed by atoms with Crippen LogP contribution in [0.2, 0.25) is 0 Å². The lowest BCUT2D eigenvalue weighted by Gasteiger charge is -2.40. The maximum Gasteiger partial charge on any atom is 0.254 e. The molecule has 0 saturated carbocycles. The molecule has 3 nitrogen and oxygen atoms in total. The maximum atomic E-state index is 13.4. The van der Waals surface area contributed by atoms with Gasteiger partial charge in [0.1, 0.15) is 5.82 Å². The normalized spacial score (nSPS) is 22.0. The van der Waals surface area contributed by atoms with Crippen molar-refractivity contribution in [1.82, 2.24) is 10.2 Å². The summed E-state index contributed by atoms with van der Waals surface area (Å²) in [7, 11) is 1.82. The number of amides is 1. The van der Waals surface area contributed by atoms with Gasteiger partial charge in [-0.1, -0.05) is 0 Å². The minimum Gasteiger partial charge on any atom is -0.332 e. The fourth-order valence-electron chi connectivity index (χ4n) is 3.09. The Labute approximate surface area is 99.6 Å². The van der Waals surface area contributed by atoms with Gasteiger partial charge in [-0.05, 0) is 49.7 Å². The minimum absolute atomic E-state index is 0.0156. The highest BCUT2D eigenvalue weighted by atomic mass is 19.1. The lowest BCUT2D eigenvalue weighted by atomic mass is 9.81. The number of benzene rings is 1. The van der Waals surface area contributed by atoms with Crippen molar-refractivity contribution >= 4 is 5.91 Å². The molecule has 0 atom stereocenters. The third-order valence-corrected chi connectivity index (χ3v) is 4.09. The first-order chi connectivity index (χ1) is 8.15. The Hall–Kier alpha value is -1.42. The van der Waals surface area contributed by atoms with E-state index < -0.39 is 0 Å². The van der Waals surface area contributed by atoms with Crippen LogP contribution in [-0.4, -0.2) is 30.9 Å². The molecule has 0 unspecified atom stereocenters. The number of halogens is 1. The van der Waals surface area contributed by atoms with E-state index in [-0.39, 0.29) is 17.3 Å². The molecule has 17 heavy (non-hydrogen) atoms. The van der Waals surface area contributed by atoms with Crippen molar-refractivity contribution in [2.75, 3.05) is 20.1 Å². The third kappa shape index (κ3) is 1.33. The molecule has 0 radical (unpaired) electrons. The van der Waals surface area contributed by atoms with Crippen molar-refractivity contribution in [2.24, 2.45) is 0 Å². The van der Waals surface area contributed by atoms with Crippen LogP contribution in [-0.2, 0) is 5.54 Å². The molecule has 1 saturated heterocycles. The molecule has 2 aliphatic rings. The van der Waals surface area contributed by atoms with Crippen LogP contribution in [0.3, 0.4) is 0 Å². The summed E-state index contributed by atoms with van der Waals surface area (Å²) in [5, 5.41) is 3.29. The second-order valence-corrected chi connectivity index (χ2v) is 4.84. The molecular weight excluding hydrogens is 219 g/mol. The van der Waals surface area contributed by atoms with Crippen LogP contribution >= 0.6 is 0 Å². The van der Waals surface area contributed by atoms with E-state index in [0.717, 1.165) is 31.5 Å². The average Bonchev–Trinajstić information content (AvgIpc) is 2.54. The molecule has 1 spiro atoms. The zero-order valence-electron chi connectivity index (χ0n) is 9.79. The summed E-state index contributed by atoms with van der Waals surface area (Å²) in [6.45, 7) is 1.74. The highest BCUT2D eigenvalue weighted by Gasteiger charge is 2.48. The molecule has 0 aliphatic carbocycles. The Morgan fingerprint density at radius 1 is 1.35 bits per heavy atom. The molecule has 2 heterocycles. The smallest absolute Gasteiger partial charge is 0.254 e. The average molecular weight is 234 g/mol. The largest absolute Gasteiger partial charge is 0.332 e. The maximum absolute atomic E-state index is 13.4. The number of nitrogens with zero attached hydrogens (tertiary/aromatic N) is 1. The quantitative estimate of drug-likeness (QED) is 0.737. The summed E-state index contributed by atoms with van der Waals surface area (Å²) in [6, 6.07) is 4.51. The second-order valence-electron chi connectivity index (χ2n) is 4.84. The first kappa shape index (κ1) is 10.7. The highest BCUT2D eigenvalue weighted by Crippen LogP contribution is 2.44. The van der Waals surface area contributed by atoms with Gasteiger partial charge < -0.3 is 10.2 Å². The van der Waals surface area contributed by atoms with Crippen molar-refractivity contribution in [2.45, 2.75) is 18.4 Å². The Morgan fingerprint density at radius 3 is 2.76 bits per heavy atom. The van der Waals surface area contributed by atoms with Gasteiger partial charge in [-0.15, -0.1) is 0 Å². The van der Waals surface area contributed by atoms with Crippen molar-refractivity contribution in [1.29, 1.82) is 0 Å². The fraction of sp³-hybridized carbons (Fsp3) is 0.462. The Kier molecular flexibility index (Phi) is 2.23. The molecule has 90 valence electrons. The SMILES string of the molecule is CN1C(=O)c2ccc(F)cc2C12CCNCC2. The van der Waals surface area contributed by atoms with E-state index in [1.165, 1.54) is 12.1 Å². The highest BCUT2D eigenvalue weighted by molar-refractivity contribution is 5.99. The van der Waals surface area contributed by atoms with Gasteiger partial charge >= 0.3 is 0 Å². The van der Waals surface area contributed by atoms with Crippen LogP contribution in [0.5, 0.6) is 0 Å². The number of piperidine rings is 1. The van der Waals surface area contributed by atoms with Gasteiger partial charge in [0, 0.05) is 12.6 Å². The molecule has 4 heteroatoms. The van der Waals surface area contributed by atoms with Crippen molar-refractivity contribution < 1.29 is 9.18 Å². The molecule has 1 N–H and O–H groups in total. The summed E-state index contributed by atoms with van der Waals surface area (Å²) in [5.74, 6) is -0.244. The molecule has 2 aliphatic heterocycles. The lowest BCUT2D eigenvalue weighted by molar-refractivity contribution is 0.0550. The Morgan fingerprint density at radius 2 is 2.06 bits per heavy atom. The van der Waals surface area contributed by atoms with Gasteiger partial charge in [-0.3, -0.25) is 4.79 Å². The van der Waals surface area contributed by atoms with Gasteiger partial charge in [0.2, 0.25) is 0 Å². The monoisotopic (exact) mass is 234 g/mol. The predicted octanol–water partition coefficient (Wildman–Crippen LogP) is 1.49. The molecule has 1 aromatic rings. The van der Waals surface area contributed by atoms with Crippen molar-refractivity contribution in [3.05, 3.63) is 35.1 Å². The molecule has 0 bridgehead atoms. The lowest BCUT2D eigenvalue weighted by Crippen LogP contribution is -2.48. The van der Waals surface area contributed by atoms with Crippen LogP contribution in [0, 0.1) is 5.82 Å². The second kappa shape index (κ2) is 3.53. The van der Waals surface area contributed by atoms with Crippen molar-refractivity contribution in [3.63, 3.8) is 0 Å². The van der Waals surface area contributed by atoms with Gasteiger partial charge in [-0.2, -0.15) is 0 Å². The number of nitrogens with one attached hydrogen (secondary N) is 1. The zero-order valence-corrected chi connectivity index (χ0v) is 9.79. The van der Waals surface area contributed by atoms with Gasteiger partial charge in [-0.25, -0.2) is 4.39 Å². The number of hydrogen-bond donors (Lipinski definition) is 1. The standard InChI is InChI=1S/C13H15FN2O/c1-16-12(17)10-3-2-9(14)8-11(10)13(16)4-6-15-7-5-13/h2-3,8,15H,4-7H2,1H3. The molecule has 1 fully saturated rings. The van der Waals surface area contributed by atoms with E-state index in [0.29, 0.717) is 5.56 Å². The summed E-state index contributed by atoms with van der Waals surface area (Å²) < 4.78 is 13.4. The summed E-state index contributed by atoms with van der Waals surface area (Å²) in [5.41, 5.74) is 1.24. The summed E-state index contributed by atoms with van der Waals surface area (Å²) in [4.78, 5) is 14.0. The van der Waals surface area contributed by atoms with Crippen LogP contribution < -0.4 is 5.32 Å². The van der Waals surface area contributed by atoms with Crippen molar-refractivity contribution in [3.8, 4) is 0 Å². The number of carbonyl (C=O) groups excluding carboxylic acids is 1. The number of hydrogen-bond acceptors (Lipinski definition) is 2. The van der Waals surface area contributed by atoms with E-state index in [1.807, 2.05) is 7.05 Å².